The Kier molecular flexibility index (Phi) is 6.36. The molecule has 1 N–H and O–H groups in total. The Hall–Kier alpha value is -2.80. The number of ether oxygens (including phenoxy) is 1. The van der Waals surface area contributed by atoms with Crippen LogP contribution in [0.2, 0.25) is 0 Å². The van der Waals surface area contributed by atoms with E-state index in [9.17, 15) is 14.4 Å². The lowest BCUT2D eigenvalue weighted by molar-refractivity contribution is -0.163. The molecule has 0 bridgehead atoms. The highest BCUT2D eigenvalue weighted by atomic mass is 32.2. The van der Waals surface area contributed by atoms with E-state index in [0.717, 1.165) is 5.56 Å². The van der Waals surface area contributed by atoms with Crippen LogP contribution >= 0.6 is 11.8 Å². The molecule has 1 aliphatic heterocycles. The van der Waals surface area contributed by atoms with Crippen molar-refractivity contribution in [2.24, 2.45) is 0 Å². The average Bonchev–Trinajstić information content (AvgIpc) is 2.73. The first-order valence-corrected chi connectivity index (χ1v) is 10.2. The molecular weight excluding hydrogens is 376 g/mol. The molecule has 1 aliphatic rings. The van der Waals surface area contributed by atoms with E-state index < -0.39 is 18.1 Å². The number of likely N-dealkylation sites (tertiary alicyclic amines) is 1. The lowest BCUT2D eigenvalue weighted by atomic mass is 9.97. The molecule has 3 unspecified atom stereocenters. The molecular formula is C21H22N2O4S. The van der Waals surface area contributed by atoms with Crippen LogP contribution in [0.5, 0.6) is 0 Å². The molecule has 1 heterocycles. The van der Waals surface area contributed by atoms with Gasteiger partial charge in [0.1, 0.15) is 11.4 Å². The summed E-state index contributed by atoms with van der Waals surface area (Å²) in [6, 6.07) is 16.9. The predicted molar refractivity (Wildman–Crippen MR) is 107 cm³/mol. The summed E-state index contributed by atoms with van der Waals surface area (Å²) in [6.45, 7) is 0. The molecule has 1 fully saturated rings. The lowest BCUT2D eigenvalue weighted by Crippen LogP contribution is -2.70. The van der Waals surface area contributed by atoms with E-state index in [0.29, 0.717) is 5.56 Å². The zero-order valence-corrected chi connectivity index (χ0v) is 16.5. The number of nitrogens with one attached hydrogen (secondary N) is 1. The van der Waals surface area contributed by atoms with Crippen LogP contribution in [0.15, 0.2) is 60.7 Å². The van der Waals surface area contributed by atoms with Gasteiger partial charge in [0, 0.05) is 0 Å². The molecule has 6 nitrogen and oxygen atoms in total. The van der Waals surface area contributed by atoms with Crippen molar-refractivity contribution in [2.75, 3.05) is 13.4 Å². The van der Waals surface area contributed by atoms with Crippen LogP contribution in [0.1, 0.15) is 17.2 Å². The second-order valence-corrected chi connectivity index (χ2v) is 7.37. The van der Waals surface area contributed by atoms with Crippen molar-refractivity contribution >= 4 is 29.5 Å². The highest BCUT2D eigenvalue weighted by Gasteiger charge is 2.53. The monoisotopic (exact) mass is 398 g/mol. The fourth-order valence-corrected chi connectivity index (χ4v) is 4.22. The molecule has 2 aromatic rings. The van der Waals surface area contributed by atoms with Gasteiger partial charge in [-0.05, 0) is 17.4 Å². The number of amides is 2. The summed E-state index contributed by atoms with van der Waals surface area (Å²) in [7, 11) is 1.30. The first kappa shape index (κ1) is 19.9. The minimum Gasteiger partial charge on any atom is -0.467 e. The third-order valence-electron chi connectivity index (χ3n) is 4.66. The number of hydrogen-bond acceptors (Lipinski definition) is 5. The normalized spacial score (nSPS) is 19.5. The maximum atomic E-state index is 12.8. The summed E-state index contributed by atoms with van der Waals surface area (Å²) in [5, 5.41) is 2.46. The van der Waals surface area contributed by atoms with Crippen molar-refractivity contribution in [1.29, 1.82) is 0 Å². The number of benzene rings is 2. The Morgan fingerprint density at radius 1 is 1.11 bits per heavy atom. The van der Waals surface area contributed by atoms with Gasteiger partial charge >= 0.3 is 5.97 Å². The van der Waals surface area contributed by atoms with Gasteiger partial charge in [-0.25, -0.2) is 4.79 Å². The van der Waals surface area contributed by atoms with Gasteiger partial charge in [0.2, 0.25) is 11.8 Å². The van der Waals surface area contributed by atoms with Crippen molar-refractivity contribution < 1.29 is 19.1 Å². The minimum atomic E-state index is -0.835. The van der Waals surface area contributed by atoms with Crippen molar-refractivity contribution in [1.82, 2.24) is 10.2 Å². The number of carbonyl (C=O) groups excluding carboxylic acids is 3. The fraction of sp³-hybridized carbons (Fsp3) is 0.286. The van der Waals surface area contributed by atoms with Gasteiger partial charge in [-0.3, -0.25) is 9.59 Å². The van der Waals surface area contributed by atoms with E-state index in [1.807, 2.05) is 54.8 Å². The fourth-order valence-electron chi connectivity index (χ4n) is 3.31. The van der Waals surface area contributed by atoms with Crippen LogP contribution in [0.4, 0.5) is 0 Å². The predicted octanol–water partition coefficient (Wildman–Crippen LogP) is 2.16. The standard InChI is InChI=1S/C21H22N2O4S/c1-27-21(26)18(15-11-7-4-8-12-15)23-19(25)17(20(23)28-2)22-16(24)13-14-9-5-3-6-10-14/h3-12,17-18,20H,13H2,1-2H3,(H,22,24). The van der Waals surface area contributed by atoms with Gasteiger partial charge in [0.05, 0.1) is 13.5 Å². The molecule has 0 radical (unpaired) electrons. The Bertz CT molecular complexity index is 844. The lowest BCUT2D eigenvalue weighted by Gasteiger charge is -2.49. The highest BCUT2D eigenvalue weighted by molar-refractivity contribution is 7.99. The maximum absolute atomic E-state index is 12.8. The van der Waals surface area contributed by atoms with Crippen LogP contribution in [0, 0.1) is 0 Å². The van der Waals surface area contributed by atoms with Crippen LogP contribution in [-0.2, 0) is 25.5 Å². The Balaban J connectivity index is 1.74. The molecule has 3 rings (SSSR count). The largest absolute Gasteiger partial charge is 0.467 e. The second kappa shape index (κ2) is 8.93. The topological polar surface area (TPSA) is 75.7 Å². The van der Waals surface area contributed by atoms with Gasteiger partial charge in [-0.1, -0.05) is 60.7 Å². The van der Waals surface area contributed by atoms with E-state index in [-0.39, 0.29) is 23.6 Å². The third kappa shape index (κ3) is 4.04. The highest BCUT2D eigenvalue weighted by Crippen LogP contribution is 2.37. The van der Waals surface area contributed by atoms with E-state index in [2.05, 4.69) is 5.32 Å². The molecule has 0 aliphatic carbocycles. The molecule has 3 atom stereocenters. The van der Waals surface area contributed by atoms with E-state index in [1.54, 1.807) is 12.1 Å². The van der Waals surface area contributed by atoms with E-state index in [1.165, 1.54) is 23.8 Å². The summed E-state index contributed by atoms with van der Waals surface area (Å²) in [6.07, 6.45) is 2.05. The molecule has 1 saturated heterocycles. The summed E-state index contributed by atoms with van der Waals surface area (Å²) in [5.74, 6) is -1.02. The summed E-state index contributed by atoms with van der Waals surface area (Å²) in [4.78, 5) is 39.1. The van der Waals surface area contributed by atoms with Gasteiger partial charge in [0.25, 0.3) is 0 Å². The first-order valence-electron chi connectivity index (χ1n) is 8.88. The van der Waals surface area contributed by atoms with Crippen LogP contribution < -0.4 is 5.32 Å². The number of β-lactam (4-membered cyclic amide) rings is 1. The second-order valence-electron chi connectivity index (χ2n) is 6.42. The van der Waals surface area contributed by atoms with E-state index in [4.69, 9.17) is 4.74 Å². The molecule has 28 heavy (non-hydrogen) atoms. The number of thioether (sulfide) groups is 1. The number of methoxy groups -OCH3 is 1. The van der Waals surface area contributed by atoms with Gasteiger partial charge < -0.3 is 15.0 Å². The van der Waals surface area contributed by atoms with Crippen LogP contribution in [0.25, 0.3) is 0 Å². The van der Waals surface area contributed by atoms with E-state index >= 15 is 0 Å². The number of rotatable bonds is 7. The maximum Gasteiger partial charge on any atom is 0.333 e. The van der Waals surface area contributed by atoms with Crippen molar-refractivity contribution in [3.63, 3.8) is 0 Å². The van der Waals surface area contributed by atoms with Gasteiger partial charge in [-0.15, -0.1) is 11.8 Å². The van der Waals surface area contributed by atoms with Gasteiger partial charge in [-0.2, -0.15) is 0 Å². The summed E-state index contributed by atoms with van der Waals surface area (Å²) >= 11 is 1.41. The molecule has 2 aromatic carbocycles. The smallest absolute Gasteiger partial charge is 0.333 e. The first-order chi connectivity index (χ1) is 13.6. The zero-order chi connectivity index (χ0) is 20.1. The number of hydrogen-bond donors (Lipinski definition) is 1. The Morgan fingerprint density at radius 2 is 1.71 bits per heavy atom. The molecule has 0 spiro atoms. The van der Waals surface area contributed by atoms with Crippen molar-refractivity contribution in [3.8, 4) is 0 Å². The molecule has 0 aromatic heterocycles. The number of carbonyl (C=O) groups is 3. The number of esters is 1. The minimum absolute atomic E-state index is 0.199. The molecule has 0 saturated carbocycles. The summed E-state index contributed by atoms with van der Waals surface area (Å²) in [5.41, 5.74) is 1.55. The summed E-state index contributed by atoms with van der Waals surface area (Å²) < 4.78 is 4.93. The van der Waals surface area contributed by atoms with Crippen molar-refractivity contribution in [3.05, 3.63) is 71.8 Å². The molecule has 2 amide bonds. The quantitative estimate of drug-likeness (QED) is 0.571. The van der Waals surface area contributed by atoms with Crippen LogP contribution in [-0.4, -0.2) is 47.5 Å². The van der Waals surface area contributed by atoms with Crippen LogP contribution in [0.3, 0.4) is 0 Å². The SMILES string of the molecule is COC(=O)C(c1ccccc1)N1C(=O)C(NC(=O)Cc2ccccc2)C1SC. The Labute approximate surface area is 168 Å². The molecule has 146 valence electrons. The van der Waals surface area contributed by atoms with Gasteiger partial charge in [0.15, 0.2) is 6.04 Å². The molecule has 7 heteroatoms. The average molecular weight is 398 g/mol. The Morgan fingerprint density at radius 3 is 2.29 bits per heavy atom. The van der Waals surface area contributed by atoms with Crippen molar-refractivity contribution in [2.45, 2.75) is 23.9 Å². The zero-order valence-electron chi connectivity index (χ0n) is 15.7. The number of nitrogens with zero attached hydrogens (tertiary/aromatic N) is 1. The third-order valence-corrected chi connectivity index (χ3v) is 5.65.